The molecular weight excluding hydrogens is 460 g/mol. The number of benzene rings is 2. The summed E-state index contributed by atoms with van der Waals surface area (Å²) < 4.78 is 8.01. The Morgan fingerprint density at radius 3 is 2.22 bits per heavy atom. The normalized spacial score (nSPS) is 19.9. The van der Waals surface area contributed by atoms with Crippen molar-refractivity contribution in [1.29, 1.82) is 0 Å². The van der Waals surface area contributed by atoms with Crippen molar-refractivity contribution in [2.24, 2.45) is 11.8 Å². The van der Waals surface area contributed by atoms with E-state index in [0.717, 1.165) is 73.4 Å². The van der Waals surface area contributed by atoms with Gasteiger partial charge in [-0.15, -0.1) is 0 Å². The van der Waals surface area contributed by atoms with Crippen LogP contribution < -0.4 is 4.74 Å². The van der Waals surface area contributed by atoms with E-state index >= 15 is 0 Å². The highest BCUT2D eigenvalue weighted by atomic mass is 16.5. The van der Waals surface area contributed by atoms with Gasteiger partial charge < -0.3 is 9.84 Å². The van der Waals surface area contributed by atoms with Crippen LogP contribution in [0.3, 0.4) is 0 Å². The van der Waals surface area contributed by atoms with Crippen molar-refractivity contribution in [2.75, 3.05) is 0 Å². The summed E-state index contributed by atoms with van der Waals surface area (Å²) in [5.74, 6) is 1.60. The molecule has 37 heavy (non-hydrogen) atoms. The number of aromatic hydroxyl groups is 1. The monoisotopic (exact) mass is 500 g/mol. The highest BCUT2D eigenvalue weighted by molar-refractivity contribution is 5.77. The van der Waals surface area contributed by atoms with Gasteiger partial charge in [0.1, 0.15) is 11.5 Å². The molecule has 0 spiro atoms. The van der Waals surface area contributed by atoms with Gasteiger partial charge in [-0.2, -0.15) is 5.10 Å². The number of carbonyl (C=O) groups excluding carboxylic acids is 1. The zero-order chi connectivity index (χ0) is 25.8. The summed E-state index contributed by atoms with van der Waals surface area (Å²) in [6.45, 7) is 4.41. The van der Waals surface area contributed by atoms with Crippen molar-refractivity contribution >= 4 is 5.97 Å². The van der Waals surface area contributed by atoms with E-state index in [-0.39, 0.29) is 17.6 Å². The van der Waals surface area contributed by atoms with Crippen LogP contribution >= 0.6 is 0 Å². The van der Waals surface area contributed by atoms with Crippen molar-refractivity contribution in [3.05, 3.63) is 54.1 Å². The average molecular weight is 501 g/mol. The second kappa shape index (κ2) is 11.5. The number of unbranched alkanes of at least 4 members (excludes halogenated alkanes) is 1. The summed E-state index contributed by atoms with van der Waals surface area (Å²) in [5.41, 5.74) is 5.46. The predicted octanol–water partition coefficient (Wildman–Crippen LogP) is 8.11. The molecule has 5 nitrogen and oxygen atoms in total. The third-order valence-electron chi connectivity index (χ3n) is 8.42. The van der Waals surface area contributed by atoms with Crippen LogP contribution in [0.4, 0.5) is 0 Å². The van der Waals surface area contributed by atoms with Gasteiger partial charge in [0.2, 0.25) is 0 Å². The topological polar surface area (TPSA) is 64.3 Å². The number of hydrogen-bond donors (Lipinski definition) is 1. The van der Waals surface area contributed by atoms with Gasteiger partial charge in [-0.05, 0) is 106 Å². The fourth-order valence-electron chi connectivity index (χ4n) is 5.92. The lowest BCUT2D eigenvalue weighted by atomic mass is 9.80. The fraction of sp³-hybridized carbons (Fsp3) is 0.500. The van der Waals surface area contributed by atoms with Crippen LogP contribution in [0.5, 0.6) is 11.5 Å². The van der Waals surface area contributed by atoms with Crippen molar-refractivity contribution in [1.82, 2.24) is 9.78 Å². The van der Waals surface area contributed by atoms with Gasteiger partial charge in [-0.25, -0.2) is 0 Å². The Labute approximate surface area is 220 Å². The second-order valence-electron chi connectivity index (χ2n) is 10.9. The Kier molecular flexibility index (Phi) is 7.97. The molecule has 2 fully saturated rings. The summed E-state index contributed by atoms with van der Waals surface area (Å²) in [6, 6.07) is 15.7. The van der Waals surface area contributed by atoms with Crippen molar-refractivity contribution in [2.45, 2.75) is 90.5 Å². The Balaban J connectivity index is 1.32. The van der Waals surface area contributed by atoms with E-state index in [0.29, 0.717) is 11.8 Å². The smallest absolute Gasteiger partial charge is 0.314 e. The Bertz CT molecular complexity index is 1180. The minimum absolute atomic E-state index is 0.0234. The van der Waals surface area contributed by atoms with Crippen LogP contribution in [0.2, 0.25) is 0 Å². The first-order valence-electron chi connectivity index (χ1n) is 14.3. The van der Waals surface area contributed by atoms with Crippen LogP contribution in [0, 0.1) is 11.8 Å². The van der Waals surface area contributed by atoms with E-state index < -0.39 is 0 Å². The maximum atomic E-state index is 12.8. The number of esters is 1. The van der Waals surface area contributed by atoms with Crippen molar-refractivity contribution in [3.63, 3.8) is 0 Å². The third-order valence-corrected chi connectivity index (χ3v) is 8.42. The lowest BCUT2D eigenvalue weighted by Gasteiger charge is -2.28. The molecule has 0 atom stereocenters. The minimum Gasteiger partial charge on any atom is -0.508 e. The molecule has 5 rings (SSSR count). The molecule has 0 unspecified atom stereocenters. The molecule has 3 aromatic rings. The quantitative estimate of drug-likeness (QED) is 0.238. The third kappa shape index (κ3) is 5.61. The summed E-state index contributed by atoms with van der Waals surface area (Å²) >= 11 is 0. The number of phenolic OH excluding ortho intramolecular Hbond substituents is 1. The molecule has 2 saturated carbocycles. The first-order valence-corrected chi connectivity index (χ1v) is 14.3. The maximum Gasteiger partial charge on any atom is 0.314 e. The predicted molar refractivity (Wildman–Crippen MR) is 148 cm³/mol. The molecule has 2 aromatic carbocycles. The number of rotatable bonds is 9. The number of aromatic nitrogens is 2. The van der Waals surface area contributed by atoms with E-state index in [1.165, 1.54) is 31.2 Å². The van der Waals surface area contributed by atoms with Gasteiger partial charge >= 0.3 is 5.97 Å². The zero-order valence-electron chi connectivity index (χ0n) is 22.3. The molecule has 1 aromatic heterocycles. The molecule has 1 heterocycles. The Hall–Kier alpha value is -3.08. The average Bonchev–Trinajstić information content (AvgIpc) is 3.26. The molecule has 2 aliphatic carbocycles. The molecule has 0 bridgehead atoms. The molecule has 1 N–H and O–H groups in total. The summed E-state index contributed by atoms with van der Waals surface area (Å²) in [7, 11) is 0. The van der Waals surface area contributed by atoms with E-state index in [1.54, 1.807) is 12.1 Å². The summed E-state index contributed by atoms with van der Waals surface area (Å²) in [4.78, 5) is 12.8. The van der Waals surface area contributed by atoms with Gasteiger partial charge in [0, 0.05) is 16.7 Å². The van der Waals surface area contributed by atoms with Crippen LogP contribution in [-0.4, -0.2) is 20.9 Å². The van der Waals surface area contributed by atoms with E-state index in [1.807, 2.05) is 36.4 Å². The Morgan fingerprint density at radius 1 is 0.946 bits per heavy atom. The highest BCUT2D eigenvalue weighted by Gasteiger charge is 2.29. The maximum absolute atomic E-state index is 12.8. The van der Waals surface area contributed by atoms with Crippen LogP contribution in [0.1, 0.15) is 89.7 Å². The number of ether oxygens (including phenoxy) is 1. The van der Waals surface area contributed by atoms with Gasteiger partial charge in [-0.3, -0.25) is 9.48 Å². The lowest BCUT2D eigenvalue weighted by molar-refractivity contribution is -0.140. The van der Waals surface area contributed by atoms with Crippen molar-refractivity contribution in [3.8, 4) is 34.0 Å². The van der Waals surface area contributed by atoms with E-state index in [4.69, 9.17) is 9.84 Å². The summed E-state index contributed by atoms with van der Waals surface area (Å²) in [6.07, 6.45) is 12.4. The molecule has 5 heteroatoms. The standard InChI is InChI=1S/C32H40N2O3/c1-3-5-7-22-10-12-25(13-11-22)32(36)37-28-20-16-23(17-21-28)30-29(4-2)31(24-14-18-27(35)19-15-24)34(33-30)26-8-6-9-26/h14-22,25-26,35H,3-13H2,1-2H3. The number of hydrogen-bond acceptors (Lipinski definition) is 4. The van der Waals surface area contributed by atoms with Gasteiger partial charge in [-0.1, -0.05) is 33.1 Å². The molecule has 0 amide bonds. The van der Waals surface area contributed by atoms with Crippen LogP contribution in [-0.2, 0) is 11.2 Å². The number of nitrogens with zero attached hydrogens (tertiary/aromatic N) is 2. The molecule has 196 valence electrons. The van der Waals surface area contributed by atoms with Crippen LogP contribution in [0.25, 0.3) is 22.5 Å². The Morgan fingerprint density at radius 2 is 1.62 bits per heavy atom. The largest absolute Gasteiger partial charge is 0.508 e. The molecule has 2 aliphatic rings. The molecular formula is C32H40N2O3. The molecule has 0 saturated heterocycles. The van der Waals surface area contributed by atoms with Gasteiger partial charge in [0.25, 0.3) is 0 Å². The SMILES string of the molecule is CCCCC1CCC(C(=O)Oc2ccc(-c3nn(C4CCC4)c(-c4ccc(O)cc4)c3CC)cc2)CC1. The van der Waals surface area contributed by atoms with E-state index in [2.05, 4.69) is 18.5 Å². The van der Waals surface area contributed by atoms with Crippen LogP contribution in [0.15, 0.2) is 48.5 Å². The first kappa shape index (κ1) is 25.6. The summed E-state index contributed by atoms with van der Waals surface area (Å²) in [5, 5.41) is 14.9. The zero-order valence-corrected chi connectivity index (χ0v) is 22.3. The fourth-order valence-corrected chi connectivity index (χ4v) is 5.92. The molecule has 0 aliphatic heterocycles. The second-order valence-corrected chi connectivity index (χ2v) is 10.9. The number of carbonyl (C=O) groups is 1. The van der Waals surface area contributed by atoms with Gasteiger partial charge in [0.05, 0.1) is 23.3 Å². The van der Waals surface area contributed by atoms with E-state index in [9.17, 15) is 9.90 Å². The van der Waals surface area contributed by atoms with Crippen molar-refractivity contribution < 1.29 is 14.6 Å². The number of phenols is 1. The molecule has 0 radical (unpaired) electrons. The lowest BCUT2D eigenvalue weighted by Crippen LogP contribution is -2.25. The highest BCUT2D eigenvalue weighted by Crippen LogP contribution is 2.41. The minimum atomic E-state index is -0.0835. The van der Waals surface area contributed by atoms with Gasteiger partial charge in [0.15, 0.2) is 0 Å². The first-order chi connectivity index (χ1) is 18.1.